The van der Waals surface area contributed by atoms with Crippen LogP contribution in [0.4, 0.5) is 0 Å². The van der Waals surface area contributed by atoms with E-state index in [2.05, 4.69) is 38.2 Å². The average Bonchev–Trinajstić information content (AvgIpc) is 2.43. The quantitative estimate of drug-likeness (QED) is 0.779. The minimum atomic E-state index is -0.0773. The molecule has 3 heteroatoms. The fourth-order valence-corrected chi connectivity index (χ4v) is 2.08. The van der Waals surface area contributed by atoms with E-state index >= 15 is 0 Å². The SMILES string of the molecule is CCC(NCCC(C)(C)OC)c1ccccc1OC. The minimum absolute atomic E-state index is 0.0773. The molecule has 1 unspecified atom stereocenters. The number of para-hydroxylation sites is 1. The largest absolute Gasteiger partial charge is 0.496 e. The zero-order chi connectivity index (χ0) is 14.3. The van der Waals surface area contributed by atoms with Crippen molar-refractivity contribution in [3.05, 3.63) is 29.8 Å². The Balaban J connectivity index is 2.63. The lowest BCUT2D eigenvalue weighted by atomic mass is 10.0. The van der Waals surface area contributed by atoms with Crippen LogP contribution in [0.5, 0.6) is 5.75 Å². The van der Waals surface area contributed by atoms with Crippen molar-refractivity contribution in [1.82, 2.24) is 5.32 Å². The molecular weight excluding hydrogens is 238 g/mol. The van der Waals surface area contributed by atoms with Crippen molar-refractivity contribution in [2.24, 2.45) is 0 Å². The van der Waals surface area contributed by atoms with Crippen molar-refractivity contribution in [3.63, 3.8) is 0 Å². The molecule has 0 radical (unpaired) electrons. The molecule has 0 fully saturated rings. The third-order valence-electron chi connectivity index (χ3n) is 3.59. The van der Waals surface area contributed by atoms with Crippen LogP contribution in [-0.2, 0) is 4.74 Å². The van der Waals surface area contributed by atoms with Crippen LogP contribution in [-0.4, -0.2) is 26.4 Å². The molecule has 0 aliphatic heterocycles. The number of nitrogens with one attached hydrogen (secondary N) is 1. The zero-order valence-corrected chi connectivity index (χ0v) is 12.8. The summed E-state index contributed by atoms with van der Waals surface area (Å²) in [5, 5.41) is 3.59. The molecule has 1 rings (SSSR count). The van der Waals surface area contributed by atoms with Gasteiger partial charge < -0.3 is 14.8 Å². The van der Waals surface area contributed by atoms with Gasteiger partial charge in [-0.05, 0) is 39.3 Å². The maximum Gasteiger partial charge on any atom is 0.123 e. The lowest BCUT2D eigenvalue weighted by Gasteiger charge is -2.25. The summed E-state index contributed by atoms with van der Waals surface area (Å²) in [6, 6.07) is 8.52. The Labute approximate surface area is 117 Å². The van der Waals surface area contributed by atoms with Crippen LogP contribution in [0.1, 0.15) is 45.2 Å². The standard InChI is InChI=1S/C16H27NO2/c1-6-14(17-12-11-16(2,3)19-5)13-9-7-8-10-15(13)18-4/h7-10,14,17H,6,11-12H2,1-5H3. The van der Waals surface area contributed by atoms with Crippen molar-refractivity contribution < 1.29 is 9.47 Å². The first kappa shape index (κ1) is 16.0. The number of ether oxygens (including phenoxy) is 2. The second-order valence-electron chi connectivity index (χ2n) is 5.37. The Morgan fingerprint density at radius 3 is 2.47 bits per heavy atom. The van der Waals surface area contributed by atoms with Gasteiger partial charge in [-0.25, -0.2) is 0 Å². The Kier molecular flexibility index (Phi) is 6.32. The van der Waals surface area contributed by atoms with E-state index in [1.807, 2.05) is 12.1 Å². The predicted molar refractivity (Wildman–Crippen MR) is 79.7 cm³/mol. The Morgan fingerprint density at radius 2 is 1.89 bits per heavy atom. The van der Waals surface area contributed by atoms with Crippen molar-refractivity contribution in [2.75, 3.05) is 20.8 Å². The van der Waals surface area contributed by atoms with Crippen LogP contribution >= 0.6 is 0 Å². The van der Waals surface area contributed by atoms with Gasteiger partial charge in [-0.15, -0.1) is 0 Å². The lowest BCUT2D eigenvalue weighted by molar-refractivity contribution is 0.0153. The molecule has 0 aliphatic rings. The Morgan fingerprint density at radius 1 is 1.21 bits per heavy atom. The van der Waals surface area contributed by atoms with Crippen LogP contribution in [0.3, 0.4) is 0 Å². The summed E-state index contributed by atoms with van der Waals surface area (Å²) in [6.45, 7) is 7.33. The summed E-state index contributed by atoms with van der Waals surface area (Å²) < 4.78 is 10.9. The number of hydrogen-bond donors (Lipinski definition) is 1. The Bertz CT molecular complexity index is 377. The van der Waals surface area contributed by atoms with Gasteiger partial charge in [-0.2, -0.15) is 0 Å². The molecule has 0 amide bonds. The van der Waals surface area contributed by atoms with Crippen molar-refractivity contribution in [3.8, 4) is 5.75 Å². The maximum absolute atomic E-state index is 5.44. The van der Waals surface area contributed by atoms with Gasteiger partial charge >= 0.3 is 0 Å². The van der Waals surface area contributed by atoms with Crippen LogP contribution in [0.15, 0.2) is 24.3 Å². The molecular formula is C16H27NO2. The van der Waals surface area contributed by atoms with Gasteiger partial charge in [0.05, 0.1) is 12.7 Å². The minimum Gasteiger partial charge on any atom is -0.496 e. The second kappa shape index (κ2) is 7.51. The van der Waals surface area contributed by atoms with E-state index in [1.54, 1.807) is 14.2 Å². The summed E-state index contributed by atoms with van der Waals surface area (Å²) in [5.41, 5.74) is 1.15. The summed E-state index contributed by atoms with van der Waals surface area (Å²) in [4.78, 5) is 0. The highest BCUT2D eigenvalue weighted by molar-refractivity contribution is 5.35. The summed E-state index contributed by atoms with van der Waals surface area (Å²) in [6.07, 6.45) is 2.02. The van der Waals surface area contributed by atoms with Crippen molar-refractivity contribution in [1.29, 1.82) is 0 Å². The number of methoxy groups -OCH3 is 2. The summed E-state index contributed by atoms with van der Waals surface area (Å²) >= 11 is 0. The van der Waals surface area contributed by atoms with Gasteiger partial charge in [0.1, 0.15) is 5.75 Å². The van der Waals surface area contributed by atoms with E-state index < -0.39 is 0 Å². The van der Waals surface area contributed by atoms with Gasteiger partial charge in [-0.3, -0.25) is 0 Å². The summed E-state index contributed by atoms with van der Waals surface area (Å²) in [5.74, 6) is 0.952. The molecule has 1 aromatic rings. The fraction of sp³-hybridized carbons (Fsp3) is 0.625. The van der Waals surface area contributed by atoms with E-state index in [0.29, 0.717) is 6.04 Å². The number of benzene rings is 1. The van der Waals surface area contributed by atoms with Gasteiger partial charge in [-0.1, -0.05) is 25.1 Å². The molecule has 0 saturated heterocycles. The first-order chi connectivity index (χ1) is 9.04. The van der Waals surface area contributed by atoms with Gasteiger partial charge in [0.25, 0.3) is 0 Å². The van der Waals surface area contributed by atoms with Gasteiger partial charge in [0, 0.05) is 18.7 Å². The molecule has 1 atom stereocenters. The summed E-state index contributed by atoms with van der Waals surface area (Å²) in [7, 11) is 3.48. The topological polar surface area (TPSA) is 30.5 Å². The highest BCUT2D eigenvalue weighted by Gasteiger charge is 2.18. The van der Waals surface area contributed by atoms with Crippen molar-refractivity contribution >= 4 is 0 Å². The Hall–Kier alpha value is -1.06. The first-order valence-corrected chi connectivity index (χ1v) is 6.95. The molecule has 0 spiro atoms. The highest BCUT2D eigenvalue weighted by Crippen LogP contribution is 2.27. The van der Waals surface area contributed by atoms with Crippen LogP contribution in [0, 0.1) is 0 Å². The third-order valence-corrected chi connectivity index (χ3v) is 3.59. The molecule has 1 aromatic carbocycles. The number of rotatable bonds is 8. The smallest absolute Gasteiger partial charge is 0.123 e. The van der Waals surface area contributed by atoms with E-state index in [9.17, 15) is 0 Å². The molecule has 19 heavy (non-hydrogen) atoms. The molecule has 0 heterocycles. The van der Waals surface area contributed by atoms with Crippen LogP contribution in [0.25, 0.3) is 0 Å². The molecule has 0 aromatic heterocycles. The fourth-order valence-electron chi connectivity index (χ4n) is 2.08. The van der Waals surface area contributed by atoms with E-state index in [4.69, 9.17) is 9.47 Å². The average molecular weight is 265 g/mol. The monoisotopic (exact) mass is 265 g/mol. The molecule has 0 bridgehead atoms. The zero-order valence-electron chi connectivity index (χ0n) is 12.8. The van der Waals surface area contributed by atoms with E-state index in [-0.39, 0.29) is 5.60 Å². The molecule has 0 saturated carbocycles. The molecule has 1 N–H and O–H groups in total. The van der Waals surface area contributed by atoms with Gasteiger partial charge in [0.2, 0.25) is 0 Å². The van der Waals surface area contributed by atoms with Crippen LogP contribution in [0.2, 0.25) is 0 Å². The highest BCUT2D eigenvalue weighted by atomic mass is 16.5. The van der Waals surface area contributed by atoms with E-state index in [1.165, 1.54) is 5.56 Å². The maximum atomic E-state index is 5.44. The second-order valence-corrected chi connectivity index (χ2v) is 5.37. The normalized spacial score (nSPS) is 13.3. The van der Waals surface area contributed by atoms with Crippen molar-refractivity contribution in [2.45, 2.75) is 45.3 Å². The molecule has 108 valence electrons. The first-order valence-electron chi connectivity index (χ1n) is 6.95. The van der Waals surface area contributed by atoms with E-state index in [0.717, 1.165) is 25.1 Å². The molecule has 3 nitrogen and oxygen atoms in total. The number of hydrogen-bond acceptors (Lipinski definition) is 3. The predicted octanol–water partition coefficient (Wildman–Crippen LogP) is 3.55. The lowest BCUT2D eigenvalue weighted by Crippen LogP contribution is -2.30. The van der Waals surface area contributed by atoms with Gasteiger partial charge in [0.15, 0.2) is 0 Å². The van der Waals surface area contributed by atoms with Crippen LogP contribution < -0.4 is 10.1 Å². The third kappa shape index (κ3) is 4.84. The molecule has 0 aliphatic carbocycles.